The van der Waals surface area contributed by atoms with Crippen LogP contribution in [0, 0.1) is 5.92 Å². The van der Waals surface area contributed by atoms with Gasteiger partial charge in [0.1, 0.15) is 6.04 Å². The molecule has 108 valence electrons. The number of likely N-dealkylation sites (tertiary alicyclic amines) is 1. The van der Waals surface area contributed by atoms with E-state index in [1.807, 2.05) is 4.90 Å². The van der Waals surface area contributed by atoms with Crippen molar-refractivity contribution in [3.05, 3.63) is 0 Å². The quantitative estimate of drug-likeness (QED) is 0.858. The van der Waals surface area contributed by atoms with Crippen molar-refractivity contribution in [2.75, 3.05) is 31.1 Å². The maximum atomic E-state index is 12.4. The van der Waals surface area contributed by atoms with Crippen LogP contribution in [-0.2, 0) is 4.79 Å². The van der Waals surface area contributed by atoms with Gasteiger partial charge in [-0.2, -0.15) is 11.8 Å². The van der Waals surface area contributed by atoms with Gasteiger partial charge in [0.15, 0.2) is 0 Å². The van der Waals surface area contributed by atoms with Gasteiger partial charge in [0, 0.05) is 31.1 Å². The van der Waals surface area contributed by atoms with Gasteiger partial charge < -0.3 is 14.9 Å². The van der Waals surface area contributed by atoms with Crippen LogP contribution in [0.2, 0.25) is 0 Å². The summed E-state index contributed by atoms with van der Waals surface area (Å²) in [5, 5.41) is 9.21. The Bertz CT molecular complexity index is 351. The fraction of sp³-hybridized carbons (Fsp3) is 0.846. The summed E-state index contributed by atoms with van der Waals surface area (Å²) in [5.41, 5.74) is 0. The second kappa shape index (κ2) is 6.50. The molecule has 2 aliphatic heterocycles. The zero-order chi connectivity index (χ0) is 13.8. The van der Waals surface area contributed by atoms with Crippen molar-refractivity contribution in [1.29, 1.82) is 0 Å². The van der Waals surface area contributed by atoms with Gasteiger partial charge in [0.25, 0.3) is 0 Å². The number of hydrogen-bond acceptors (Lipinski definition) is 3. The molecule has 0 radical (unpaired) electrons. The molecule has 0 saturated carbocycles. The Morgan fingerprint density at radius 3 is 2.84 bits per heavy atom. The van der Waals surface area contributed by atoms with Crippen molar-refractivity contribution in [3.8, 4) is 0 Å². The smallest absolute Gasteiger partial charge is 0.327 e. The minimum absolute atomic E-state index is 0.0775. The summed E-state index contributed by atoms with van der Waals surface area (Å²) >= 11 is 1.61. The van der Waals surface area contributed by atoms with Gasteiger partial charge in [0.2, 0.25) is 0 Å². The highest BCUT2D eigenvalue weighted by Crippen LogP contribution is 2.24. The summed E-state index contributed by atoms with van der Waals surface area (Å²) in [4.78, 5) is 27.1. The summed E-state index contributed by atoms with van der Waals surface area (Å²) < 4.78 is 0. The normalized spacial score (nSPS) is 27.6. The first-order valence-electron chi connectivity index (χ1n) is 6.99. The fourth-order valence-corrected chi connectivity index (χ4v) is 3.91. The van der Waals surface area contributed by atoms with Gasteiger partial charge in [-0.1, -0.05) is 13.3 Å². The van der Waals surface area contributed by atoms with Gasteiger partial charge in [-0.05, 0) is 18.8 Å². The molecule has 2 aliphatic rings. The summed E-state index contributed by atoms with van der Waals surface area (Å²) in [6.07, 6.45) is 3.35. The van der Waals surface area contributed by atoms with Gasteiger partial charge in [0.05, 0.1) is 0 Å². The van der Waals surface area contributed by atoms with Crippen molar-refractivity contribution in [3.63, 3.8) is 0 Å². The van der Waals surface area contributed by atoms with Crippen molar-refractivity contribution in [2.24, 2.45) is 5.92 Å². The van der Waals surface area contributed by atoms with E-state index in [1.165, 1.54) is 0 Å². The third kappa shape index (κ3) is 3.35. The van der Waals surface area contributed by atoms with Crippen LogP contribution in [0.4, 0.5) is 4.79 Å². The molecular weight excluding hydrogens is 264 g/mol. The molecule has 0 aromatic rings. The molecule has 2 rings (SSSR count). The van der Waals surface area contributed by atoms with Crippen LogP contribution < -0.4 is 0 Å². The second-order valence-electron chi connectivity index (χ2n) is 5.29. The summed E-state index contributed by atoms with van der Waals surface area (Å²) in [5.74, 6) is 1.05. The number of nitrogens with zero attached hydrogens (tertiary/aromatic N) is 2. The Kier molecular flexibility index (Phi) is 4.96. The number of carbonyl (C=O) groups excluding carboxylic acids is 1. The second-order valence-corrected chi connectivity index (χ2v) is 6.44. The lowest BCUT2D eigenvalue weighted by Gasteiger charge is -2.35. The Morgan fingerprint density at radius 2 is 2.16 bits per heavy atom. The van der Waals surface area contributed by atoms with Crippen molar-refractivity contribution in [2.45, 2.75) is 32.2 Å². The highest BCUT2D eigenvalue weighted by Gasteiger charge is 2.36. The van der Waals surface area contributed by atoms with E-state index in [2.05, 4.69) is 6.92 Å². The highest BCUT2D eigenvalue weighted by molar-refractivity contribution is 7.99. The average Bonchev–Trinajstić information content (AvgIpc) is 2.87. The summed E-state index contributed by atoms with van der Waals surface area (Å²) in [6, 6.07) is -0.734. The number of urea groups is 1. The molecular formula is C13H22N2O3S. The van der Waals surface area contributed by atoms with Crippen LogP contribution in [0.15, 0.2) is 0 Å². The zero-order valence-electron chi connectivity index (χ0n) is 11.4. The molecule has 0 aromatic heterocycles. The van der Waals surface area contributed by atoms with E-state index in [0.717, 1.165) is 38.1 Å². The molecule has 2 atom stereocenters. The third-order valence-electron chi connectivity index (χ3n) is 3.91. The van der Waals surface area contributed by atoms with E-state index in [-0.39, 0.29) is 6.03 Å². The Hall–Kier alpha value is -0.910. The molecule has 2 unspecified atom stereocenters. The molecule has 2 fully saturated rings. The van der Waals surface area contributed by atoms with Gasteiger partial charge in [-0.25, -0.2) is 9.59 Å². The van der Waals surface area contributed by atoms with E-state index in [9.17, 15) is 14.7 Å². The molecule has 19 heavy (non-hydrogen) atoms. The van der Waals surface area contributed by atoms with Gasteiger partial charge in [-0.3, -0.25) is 0 Å². The predicted molar refractivity (Wildman–Crippen MR) is 75.4 cm³/mol. The van der Waals surface area contributed by atoms with E-state index < -0.39 is 12.0 Å². The van der Waals surface area contributed by atoms with E-state index in [1.54, 1.807) is 16.7 Å². The third-order valence-corrected chi connectivity index (χ3v) is 4.94. The molecule has 6 heteroatoms. The molecule has 0 aromatic carbocycles. The SMILES string of the molecule is CCCC1CCN(C(=O)N2CCSCC2C(=O)O)C1. The molecule has 2 heterocycles. The first-order valence-corrected chi connectivity index (χ1v) is 8.15. The largest absolute Gasteiger partial charge is 0.480 e. The van der Waals surface area contributed by atoms with Crippen molar-refractivity contribution < 1.29 is 14.7 Å². The minimum atomic E-state index is -0.884. The van der Waals surface area contributed by atoms with Crippen LogP contribution in [0.1, 0.15) is 26.2 Å². The number of amides is 2. The van der Waals surface area contributed by atoms with Gasteiger partial charge >= 0.3 is 12.0 Å². The number of rotatable bonds is 3. The average molecular weight is 286 g/mol. The lowest BCUT2D eigenvalue weighted by atomic mass is 10.0. The zero-order valence-corrected chi connectivity index (χ0v) is 12.2. The van der Waals surface area contributed by atoms with Crippen molar-refractivity contribution >= 4 is 23.8 Å². The van der Waals surface area contributed by atoms with Crippen LogP contribution in [0.5, 0.6) is 0 Å². The maximum Gasteiger partial charge on any atom is 0.327 e. The van der Waals surface area contributed by atoms with Crippen LogP contribution in [-0.4, -0.2) is 64.1 Å². The van der Waals surface area contributed by atoms with Crippen molar-refractivity contribution in [1.82, 2.24) is 9.80 Å². The molecule has 1 N–H and O–H groups in total. The van der Waals surface area contributed by atoms with Crippen LogP contribution >= 0.6 is 11.8 Å². The van der Waals surface area contributed by atoms with E-state index in [0.29, 0.717) is 18.2 Å². The Balaban J connectivity index is 1.96. The number of thioether (sulfide) groups is 1. The fourth-order valence-electron chi connectivity index (χ4n) is 2.87. The molecule has 0 bridgehead atoms. The van der Waals surface area contributed by atoms with Crippen LogP contribution in [0.25, 0.3) is 0 Å². The number of aliphatic carboxylic acids is 1. The predicted octanol–water partition coefficient (Wildman–Crippen LogP) is 1.73. The van der Waals surface area contributed by atoms with E-state index >= 15 is 0 Å². The topological polar surface area (TPSA) is 60.9 Å². The highest BCUT2D eigenvalue weighted by atomic mass is 32.2. The Labute approximate surface area is 118 Å². The summed E-state index contributed by atoms with van der Waals surface area (Å²) in [6.45, 7) is 4.28. The number of carboxylic acid groups (broad SMARTS) is 1. The molecule has 2 amide bonds. The molecule has 5 nitrogen and oxygen atoms in total. The Morgan fingerprint density at radius 1 is 1.37 bits per heavy atom. The monoisotopic (exact) mass is 286 g/mol. The molecule has 0 spiro atoms. The van der Waals surface area contributed by atoms with Crippen LogP contribution in [0.3, 0.4) is 0 Å². The number of carboxylic acids is 1. The molecule has 2 saturated heterocycles. The van der Waals surface area contributed by atoms with Gasteiger partial charge in [-0.15, -0.1) is 0 Å². The number of carbonyl (C=O) groups is 2. The lowest BCUT2D eigenvalue weighted by molar-refractivity contribution is -0.141. The standard InChI is InChI=1S/C13H22N2O3S/c1-2-3-10-4-5-14(8-10)13(18)15-6-7-19-9-11(15)12(16)17/h10-11H,2-9H2,1H3,(H,16,17). The first-order chi connectivity index (χ1) is 9.13. The van der Waals surface area contributed by atoms with E-state index in [4.69, 9.17) is 0 Å². The minimum Gasteiger partial charge on any atom is -0.480 e. The maximum absolute atomic E-state index is 12.4. The first kappa shape index (κ1) is 14.5. The lowest BCUT2D eigenvalue weighted by Crippen LogP contribution is -2.54. The number of hydrogen-bond donors (Lipinski definition) is 1. The molecule has 0 aliphatic carbocycles. The summed E-state index contributed by atoms with van der Waals surface area (Å²) in [7, 11) is 0.